The van der Waals surface area contributed by atoms with Gasteiger partial charge >= 0.3 is 6.09 Å². The van der Waals surface area contributed by atoms with Crippen molar-refractivity contribution in [3.8, 4) is 5.88 Å². The fourth-order valence-corrected chi connectivity index (χ4v) is 4.05. The Morgan fingerprint density at radius 1 is 1.30 bits per heavy atom. The highest BCUT2D eigenvalue weighted by Gasteiger charge is 2.43. The number of halogens is 2. The second-order valence-corrected chi connectivity index (χ2v) is 9.58. The number of piperidine rings is 1. The molecule has 1 aromatic heterocycles. The minimum absolute atomic E-state index is 0.0168. The number of allylic oxidation sites excluding steroid dienone is 1. The van der Waals surface area contributed by atoms with E-state index in [0.29, 0.717) is 26.1 Å². The molecule has 0 radical (unpaired) electrons. The molecule has 1 amide bonds. The van der Waals surface area contributed by atoms with E-state index >= 15 is 4.39 Å². The van der Waals surface area contributed by atoms with Gasteiger partial charge in [0.25, 0.3) is 5.88 Å². The molecule has 1 aromatic rings. The largest absolute Gasteiger partial charge is 0.472 e. The van der Waals surface area contributed by atoms with Crippen molar-refractivity contribution in [3.63, 3.8) is 0 Å². The SMILES string of the molecule is CSC(C)C=C(F)C(C)=Nc1ncnc(OC2CC3COCC(C2)N3C(=O)OC(C)C)c1F. The summed E-state index contributed by atoms with van der Waals surface area (Å²) in [4.78, 5) is 25.9. The molecule has 33 heavy (non-hydrogen) atoms. The molecule has 0 aliphatic carbocycles. The molecule has 0 spiro atoms. The van der Waals surface area contributed by atoms with Crippen LogP contribution in [0.4, 0.5) is 19.4 Å². The Bertz CT molecular complexity index is 900. The number of aromatic nitrogens is 2. The Labute approximate surface area is 196 Å². The molecule has 3 heterocycles. The van der Waals surface area contributed by atoms with Gasteiger partial charge in [-0.3, -0.25) is 4.90 Å². The average molecular weight is 485 g/mol. The zero-order valence-corrected chi connectivity index (χ0v) is 20.3. The molecule has 2 aliphatic rings. The van der Waals surface area contributed by atoms with Crippen molar-refractivity contribution in [1.82, 2.24) is 14.9 Å². The van der Waals surface area contributed by atoms with Crippen molar-refractivity contribution in [2.75, 3.05) is 19.5 Å². The predicted molar refractivity (Wildman–Crippen MR) is 122 cm³/mol. The summed E-state index contributed by atoms with van der Waals surface area (Å²) in [6.45, 7) is 7.60. The van der Waals surface area contributed by atoms with E-state index in [2.05, 4.69) is 15.0 Å². The van der Waals surface area contributed by atoms with Crippen LogP contribution in [0.15, 0.2) is 23.2 Å². The highest BCUT2D eigenvalue weighted by molar-refractivity contribution is 7.99. The second kappa shape index (κ2) is 11.2. The topological polar surface area (TPSA) is 86.1 Å². The first kappa shape index (κ1) is 25.4. The van der Waals surface area contributed by atoms with Gasteiger partial charge in [-0.2, -0.15) is 21.1 Å². The number of fused-ring (bicyclic) bond motifs is 2. The minimum atomic E-state index is -0.856. The van der Waals surface area contributed by atoms with Crippen molar-refractivity contribution >= 4 is 29.4 Å². The van der Waals surface area contributed by atoms with Crippen LogP contribution in [0.5, 0.6) is 5.88 Å². The summed E-state index contributed by atoms with van der Waals surface area (Å²) in [5.41, 5.74) is 0.0168. The van der Waals surface area contributed by atoms with Gasteiger partial charge in [0.2, 0.25) is 5.82 Å². The number of hydrogen-bond acceptors (Lipinski definition) is 8. The molecule has 2 aliphatic heterocycles. The van der Waals surface area contributed by atoms with E-state index in [9.17, 15) is 9.18 Å². The third-order valence-corrected chi connectivity index (χ3v) is 6.29. The Kier molecular flexibility index (Phi) is 8.63. The second-order valence-electron chi connectivity index (χ2n) is 8.37. The smallest absolute Gasteiger partial charge is 0.410 e. The van der Waals surface area contributed by atoms with Crippen LogP contribution in [-0.4, -0.2) is 75.7 Å². The molecule has 8 nitrogen and oxygen atoms in total. The molecular weight excluding hydrogens is 454 g/mol. The van der Waals surface area contributed by atoms with E-state index < -0.39 is 11.6 Å². The third-order valence-electron chi connectivity index (χ3n) is 5.41. The Balaban J connectivity index is 1.73. The standard InChI is InChI=1S/C22H30F2N4O4S/c1-12(2)31-22(29)28-15-7-17(8-16(28)10-30-9-15)32-21-19(24)20(25-11-26-21)27-14(4)18(23)6-13(3)33-5/h6,11-13,15-17H,7-10H2,1-5H3. The van der Waals surface area contributed by atoms with Crippen LogP contribution in [0.25, 0.3) is 0 Å². The molecule has 0 aromatic carbocycles. The number of morpholine rings is 1. The summed E-state index contributed by atoms with van der Waals surface area (Å²) in [6.07, 6.45) is 4.31. The summed E-state index contributed by atoms with van der Waals surface area (Å²) in [6, 6.07) is -0.480. The van der Waals surface area contributed by atoms with Gasteiger partial charge in [0.15, 0.2) is 5.82 Å². The van der Waals surface area contributed by atoms with Crippen LogP contribution < -0.4 is 4.74 Å². The van der Waals surface area contributed by atoms with Crippen molar-refractivity contribution < 1.29 is 27.8 Å². The fourth-order valence-electron chi connectivity index (χ4n) is 3.79. The van der Waals surface area contributed by atoms with E-state index in [1.54, 1.807) is 18.7 Å². The lowest BCUT2D eigenvalue weighted by molar-refractivity contribution is -0.0937. The summed E-state index contributed by atoms with van der Waals surface area (Å²) in [7, 11) is 0. The normalized spacial score (nSPS) is 24.6. The van der Waals surface area contributed by atoms with Gasteiger partial charge in [-0.25, -0.2) is 19.2 Å². The lowest BCUT2D eigenvalue weighted by atomic mass is 9.92. The van der Waals surface area contributed by atoms with E-state index in [1.807, 2.05) is 13.2 Å². The summed E-state index contributed by atoms with van der Waals surface area (Å²) < 4.78 is 46.1. The van der Waals surface area contributed by atoms with Gasteiger partial charge in [-0.15, -0.1) is 0 Å². The van der Waals surface area contributed by atoms with Gasteiger partial charge in [-0.1, -0.05) is 0 Å². The van der Waals surface area contributed by atoms with Gasteiger partial charge in [0.1, 0.15) is 18.3 Å². The zero-order chi connectivity index (χ0) is 24.1. The van der Waals surface area contributed by atoms with Crippen LogP contribution >= 0.6 is 11.8 Å². The average Bonchev–Trinajstić information content (AvgIpc) is 2.75. The molecule has 2 saturated heterocycles. The summed E-state index contributed by atoms with van der Waals surface area (Å²) in [5.74, 6) is -1.93. The number of thioether (sulfide) groups is 1. The maximum absolute atomic E-state index is 15.0. The van der Waals surface area contributed by atoms with Crippen LogP contribution in [0.2, 0.25) is 0 Å². The monoisotopic (exact) mass is 484 g/mol. The van der Waals surface area contributed by atoms with Crippen molar-refractivity contribution in [1.29, 1.82) is 0 Å². The molecule has 0 saturated carbocycles. The molecule has 11 heteroatoms. The number of rotatable bonds is 7. The number of aliphatic imine (C=N–C) groups is 1. The number of carbonyl (C=O) groups excluding carboxylic acids is 1. The molecule has 2 fully saturated rings. The predicted octanol–water partition coefficient (Wildman–Crippen LogP) is 4.47. The molecule has 0 N–H and O–H groups in total. The maximum atomic E-state index is 15.0. The first-order chi connectivity index (χ1) is 15.7. The number of hydrogen-bond donors (Lipinski definition) is 0. The van der Waals surface area contributed by atoms with E-state index in [4.69, 9.17) is 14.2 Å². The number of ether oxygens (including phenoxy) is 3. The maximum Gasteiger partial charge on any atom is 0.410 e. The highest BCUT2D eigenvalue weighted by atomic mass is 32.2. The number of carbonyl (C=O) groups is 1. The van der Waals surface area contributed by atoms with Crippen molar-refractivity contribution in [2.24, 2.45) is 4.99 Å². The van der Waals surface area contributed by atoms with Gasteiger partial charge < -0.3 is 14.2 Å². The van der Waals surface area contributed by atoms with Crippen molar-refractivity contribution in [2.45, 2.75) is 70.1 Å². The van der Waals surface area contributed by atoms with Crippen LogP contribution in [0.3, 0.4) is 0 Å². The first-order valence-corrected chi connectivity index (χ1v) is 12.2. The van der Waals surface area contributed by atoms with Crippen LogP contribution in [-0.2, 0) is 9.47 Å². The Hall–Kier alpha value is -2.27. The van der Waals surface area contributed by atoms with Crippen LogP contribution in [0.1, 0.15) is 40.5 Å². The van der Waals surface area contributed by atoms with E-state index in [1.165, 1.54) is 24.8 Å². The summed E-state index contributed by atoms with van der Waals surface area (Å²) >= 11 is 1.48. The number of nitrogens with zero attached hydrogens (tertiary/aromatic N) is 4. The first-order valence-electron chi connectivity index (χ1n) is 10.9. The van der Waals surface area contributed by atoms with E-state index in [0.717, 1.165) is 6.33 Å². The lowest BCUT2D eigenvalue weighted by Crippen LogP contribution is -2.61. The zero-order valence-electron chi connectivity index (χ0n) is 19.5. The molecule has 3 atom stereocenters. The van der Waals surface area contributed by atoms with Gasteiger partial charge in [0, 0.05) is 18.1 Å². The van der Waals surface area contributed by atoms with Crippen molar-refractivity contribution in [3.05, 3.63) is 24.0 Å². The molecular formula is C22H30F2N4O4S. The molecule has 3 unspecified atom stereocenters. The Morgan fingerprint density at radius 2 is 1.97 bits per heavy atom. The fraction of sp³-hybridized carbons (Fsp3) is 0.636. The lowest BCUT2D eigenvalue weighted by Gasteiger charge is -2.47. The quantitative estimate of drug-likeness (QED) is 0.528. The van der Waals surface area contributed by atoms with E-state index in [-0.39, 0.29) is 53.0 Å². The Morgan fingerprint density at radius 3 is 2.58 bits per heavy atom. The third kappa shape index (κ3) is 6.41. The molecule has 3 rings (SSSR count). The molecule has 2 bridgehead atoms. The van der Waals surface area contributed by atoms with Gasteiger partial charge in [0.05, 0.1) is 37.1 Å². The molecule has 182 valence electrons. The minimum Gasteiger partial charge on any atom is -0.472 e. The summed E-state index contributed by atoms with van der Waals surface area (Å²) in [5, 5.41) is -0.0450. The van der Waals surface area contributed by atoms with Crippen LogP contribution in [0, 0.1) is 5.82 Å². The number of amides is 1. The highest BCUT2D eigenvalue weighted by Crippen LogP contribution is 2.32. The van der Waals surface area contributed by atoms with Gasteiger partial charge in [-0.05, 0) is 40.0 Å².